The Balaban J connectivity index is 1.37. The van der Waals surface area contributed by atoms with Crippen LogP contribution in [0.3, 0.4) is 0 Å². The molecular formula is C25H32N8O2S. The molecule has 2 saturated heterocycles. The van der Waals surface area contributed by atoms with Crippen molar-refractivity contribution >= 4 is 33.1 Å². The lowest BCUT2D eigenvalue weighted by atomic mass is 10.1. The first-order valence-electron chi connectivity index (χ1n) is 12.5. The molecule has 2 aliphatic heterocycles. The molecule has 1 aromatic carbocycles. The van der Waals surface area contributed by atoms with E-state index >= 15 is 0 Å². The number of morpholine rings is 1. The van der Waals surface area contributed by atoms with E-state index in [4.69, 9.17) is 25.0 Å². The Hall–Kier alpha value is -3.11. The minimum Gasteiger partial charge on any atom is -0.494 e. The fraction of sp³-hybridized carbons (Fsp3) is 0.520. The molecule has 1 atom stereocenters. The van der Waals surface area contributed by atoms with Crippen molar-refractivity contribution in [3.05, 3.63) is 52.0 Å². The summed E-state index contributed by atoms with van der Waals surface area (Å²) in [5.74, 6) is 0.851. The molecule has 10 nitrogen and oxygen atoms in total. The molecule has 0 amide bonds. The zero-order valence-electron chi connectivity index (χ0n) is 20.6. The second-order valence-electron chi connectivity index (χ2n) is 8.98. The Morgan fingerprint density at radius 1 is 1.14 bits per heavy atom. The molecule has 0 spiro atoms. The van der Waals surface area contributed by atoms with Gasteiger partial charge in [-0.2, -0.15) is 0 Å². The molecule has 2 aliphatic rings. The van der Waals surface area contributed by atoms with Gasteiger partial charge in [0.1, 0.15) is 11.4 Å². The third-order valence-corrected chi connectivity index (χ3v) is 7.84. The number of fused-ring (bicyclic) bond motifs is 1. The van der Waals surface area contributed by atoms with Crippen LogP contribution in [-0.2, 0) is 4.74 Å². The summed E-state index contributed by atoms with van der Waals surface area (Å²) in [6, 6.07) is 8.27. The number of azide groups is 1. The normalized spacial score (nSPS) is 18.0. The highest BCUT2D eigenvalue weighted by molar-refractivity contribution is 7.13. The monoisotopic (exact) mass is 508 g/mol. The highest BCUT2D eigenvalue weighted by Crippen LogP contribution is 2.37. The number of nitrogens with zero attached hydrogens (tertiary/aromatic N) is 8. The molecule has 1 unspecified atom stereocenters. The molecule has 2 fully saturated rings. The van der Waals surface area contributed by atoms with Crippen LogP contribution in [0.25, 0.3) is 21.3 Å². The average molecular weight is 509 g/mol. The molecule has 3 aromatic rings. The molecule has 11 heteroatoms. The third kappa shape index (κ3) is 5.34. The summed E-state index contributed by atoms with van der Waals surface area (Å²) in [7, 11) is 1.72. The lowest BCUT2D eigenvalue weighted by Crippen LogP contribution is -2.36. The first kappa shape index (κ1) is 24.6. The molecule has 0 radical (unpaired) electrons. The summed E-state index contributed by atoms with van der Waals surface area (Å²) in [6.45, 7) is 7.26. The largest absolute Gasteiger partial charge is 0.494 e. The Morgan fingerprint density at radius 2 is 2.03 bits per heavy atom. The fourth-order valence-corrected chi connectivity index (χ4v) is 6.05. The van der Waals surface area contributed by atoms with Gasteiger partial charge in [0.15, 0.2) is 5.13 Å². The molecule has 5 rings (SSSR count). The number of benzene rings is 1. The highest BCUT2D eigenvalue weighted by atomic mass is 32.1. The molecule has 36 heavy (non-hydrogen) atoms. The predicted octanol–water partition coefficient (Wildman–Crippen LogP) is 4.49. The first-order chi connectivity index (χ1) is 17.8. The van der Waals surface area contributed by atoms with Gasteiger partial charge >= 0.3 is 0 Å². The van der Waals surface area contributed by atoms with Crippen LogP contribution in [0.15, 0.2) is 41.0 Å². The van der Waals surface area contributed by atoms with Crippen LogP contribution in [0.2, 0.25) is 0 Å². The number of hydrogen-bond donors (Lipinski definition) is 0. The van der Waals surface area contributed by atoms with E-state index in [9.17, 15) is 0 Å². The molecule has 2 aromatic heterocycles. The third-order valence-electron chi connectivity index (χ3n) is 6.92. The standard InChI is InChI=1S/C25H32N8O2S/c1-34-22-6-5-19-4-2-8-27-23(19)24(22)32-11-3-10-31(12-13-32)21(7-9-28-30-26)20-18-36-25(29-20)33-14-16-35-17-15-33/h2,4-6,8,18,21H,3,7,9-17H2,1H3. The summed E-state index contributed by atoms with van der Waals surface area (Å²) in [5, 5.41) is 8.17. The molecule has 4 heterocycles. The predicted molar refractivity (Wildman–Crippen MR) is 143 cm³/mol. The van der Waals surface area contributed by atoms with Gasteiger partial charge in [0.2, 0.25) is 0 Å². The maximum absolute atomic E-state index is 8.86. The number of rotatable bonds is 8. The SMILES string of the molecule is COc1ccc2cccnc2c1N1CCCN(C(CCN=[N+]=[N-])c2csc(N3CCOCC3)n2)CC1. The smallest absolute Gasteiger partial charge is 0.185 e. The number of thiazole rings is 1. The number of pyridine rings is 1. The van der Waals surface area contributed by atoms with Gasteiger partial charge in [-0.25, -0.2) is 4.98 Å². The van der Waals surface area contributed by atoms with Crippen molar-refractivity contribution in [2.24, 2.45) is 5.11 Å². The van der Waals surface area contributed by atoms with E-state index in [1.54, 1.807) is 18.4 Å². The summed E-state index contributed by atoms with van der Waals surface area (Å²) < 4.78 is 11.3. The van der Waals surface area contributed by atoms with Gasteiger partial charge in [0.25, 0.3) is 0 Å². The number of anilines is 2. The Morgan fingerprint density at radius 3 is 2.86 bits per heavy atom. The fourth-order valence-electron chi connectivity index (χ4n) is 5.13. The van der Waals surface area contributed by atoms with Crippen molar-refractivity contribution in [2.75, 3.05) is 75.9 Å². The highest BCUT2D eigenvalue weighted by Gasteiger charge is 2.28. The molecule has 0 saturated carbocycles. The van der Waals surface area contributed by atoms with Gasteiger partial charge < -0.3 is 19.3 Å². The Kier molecular flexibility index (Phi) is 8.02. The van der Waals surface area contributed by atoms with Crippen molar-refractivity contribution in [3.63, 3.8) is 0 Å². The van der Waals surface area contributed by atoms with E-state index in [0.29, 0.717) is 6.54 Å². The maximum atomic E-state index is 8.86. The second kappa shape index (κ2) is 11.7. The van der Waals surface area contributed by atoms with Crippen LogP contribution in [0.5, 0.6) is 5.75 Å². The van der Waals surface area contributed by atoms with Crippen molar-refractivity contribution in [3.8, 4) is 5.75 Å². The van der Waals surface area contributed by atoms with E-state index < -0.39 is 0 Å². The van der Waals surface area contributed by atoms with Crippen molar-refractivity contribution in [2.45, 2.75) is 18.9 Å². The number of methoxy groups -OCH3 is 1. The van der Waals surface area contributed by atoms with Crippen molar-refractivity contribution in [1.82, 2.24) is 14.9 Å². The van der Waals surface area contributed by atoms with Crippen LogP contribution in [0.1, 0.15) is 24.6 Å². The number of aromatic nitrogens is 2. The van der Waals surface area contributed by atoms with Gasteiger partial charge in [-0.1, -0.05) is 11.2 Å². The minimum atomic E-state index is 0.106. The van der Waals surface area contributed by atoms with Gasteiger partial charge in [0.05, 0.1) is 37.6 Å². The minimum absolute atomic E-state index is 0.106. The van der Waals surface area contributed by atoms with Crippen LogP contribution in [0.4, 0.5) is 10.8 Å². The van der Waals surface area contributed by atoms with Crippen molar-refractivity contribution < 1.29 is 9.47 Å². The number of hydrogen-bond acceptors (Lipinski definition) is 9. The maximum Gasteiger partial charge on any atom is 0.185 e. The van der Waals surface area contributed by atoms with Crippen LogP contribution in [-0.4, -0.2) is 81.0 Å². The Labute approximate surface area is 215 Å². The zero-order chi connectivity index (χ0) is 24.7. The van der Waals surface area contributed by atoms with Crippen LogP contribution >= 0.6 is 11.3 Å². The molecule has 190 valence electrons. The summed E-state index contributed by atoms with van der Waals surface area (Å²) in [6.07, 6.45) is 3.59. The van der Waals surface area contributed by atoms with E-state index in [1.807, 2.05) is 18.3 Å². The Bertz CT molecular complexity index is 1210. The quantitative estimate of drug-likeness (QED) is 0.251. The summed E-state index contributed by atoms with van der Waals surface area (Å²) in [4.78, 5) is 19.9. The van der Waals surface area contributed by atoms with E-state index in [2.05, 4.69) is 42.2 Å². The van der Waals surface area contributed by atoms with E-state index in [1.165, 1.54) is 0 Å². The molecule has 0 aliphatic carbocycles. The average Bonchev–Trinajstić information content (AvgIpc) is 3.30. The summed E-state index contributed by atoms with van der Waals surface area (Å²) >= 11 is 1.69. The van der Waals surface area contributed by atoms with Crippen molar-refractivity contribution in [1.29, 1.82) is 0 Å². The van der Waals surface area contributed by atoms with Gasteiger partial charge in [-0.3, -0.25) is 9.88 Å². The molecular weight excluding hydrogens is 476 g/mol. The van der Waals surface area contributed by atoms with Gasteiger partial charge in [-0.15, -0.1) is 11.3 Å². The zero-order valence-corrected chi connectivity index (χ0v) is 21.4. The topological polar surface area (TPSA) is 103 Å². The van der Waals surface area contributed by atoms with E-state index in [-0.39, 0.29) is 6.04 Å². The molecule has 0 bridgehead atoms. The van der Waals surface area contributed by atoms with Crippen LogP contribution in [0, 0.1) is 0 Å². The van der Waals surface area contributed by atoms with Gasteiger partial charge in [-0.05, 0) is 36.6 Å². The molecule has 0 N–H and O–H groups in total. The van der Waals surface area contributed by atoms with E-state index in [0.717, 1.165) is 98.5 Å². The van der Waals surface area contributed by atoms with Crippen LogP contribution < -0.4 is 14.5 Å². The lowest BCUT2D eigenvalue weighted by Gasteiger charge is -2.30. The number of ether oxygens (including phenoxy) is 2. The lowest BCUT2D eigenvalue weighted by molar-refractivity contribution is 0.122. The summed E-state index contributed by atoms with van der Waals surface area (Å²) in [5.41, 5.74) is 12.0. The first-order valence-corrected chi connectivity index (χ1v) is 13.4. The second-order valence-corrected chi connectivity index (χ2v) is 9.82. The van der Waals surface area contributed by atoms with Gasteiger partial charge in [0, 0.05) is 67.7 Å².